The molecule has 0 bridgehead atoms. The Kier molecular flexibility index (Phi) is 11.1. The van der Waals surface area contributed by atoms with E-state index in [9.17, 15) is 9.59 Å². The lowest BCUT2D eigenvalue weighted by molar-refractivity contribution is -0.108. The van der Waals surface area contributed by atoms with Gasteiger partial charge in [-0.15, -0.1) is 0 Å². The van der Waals surface area contributed by atoms with Gasteiger partial charge in [0.1, 0.15) is 13.1 Å². The van der Waals surface area contributed by atoms with Crippen molar-refractivity contribution >= 4 is 24.8 Å². The van der Waals surface area contributed by atoms with Crippen molar-refractivity contribution in [3.63, 3.8) is 0 Å². The predicted molar refractivity (Wildman–Crippen MR) is 120 cm³/mol. The zero-order valence-electron chi connectivity index (χ0n) is 17.5. The van der Waals surface area contributed by atoms with Crippen molar-refractivity contribution in [3.8, 4) is 0 Å². The average molecular weight is 396 g/mol. The topological polar surface area (TPSA) is 87.3 Å². The van der Waals surface area contributed by atoms with Gasteiger partial charge in [-0.25, -0.2) is 4.79 Å². The minimum Gasteiger partial charge on any atom is -0.341 e. The fraction of sp³-hybridized carbons (Fsp3) is 0.591. The second kappa shape index (κ2) is 13.0. The number of amides is 2. The van der Waals surface area contributed by atoms with Crippen LogP contribution in [0.4, 0.5) is 10.5 Å². The van der Waals surface area contributed by atoms with Crippen LogP contribution in [0.2, 0.25) is 0 Å². The van der Waals surface area contributed by atoms with Gasteiger partial charge in [0.15, 0.2) is 0 Å². The number of urea groups is 1. The number of hydrogen-bond acceptors (Lipinski definition) is 4. The summed E-state index contributed by atoms with van der Waals surface area (Å²) >= 11 is 0. The quantitative estimate of drug-likeness (QED) is 0.640. The first-order chi connectivity index (χ1) is 13.6. The van der Waals surface area contributed by atoms with Crippen molar-refractivity contribution in [1.29, 1.82) is 0 Å². The van der Waals surface area contributed by atoms with Crippen LogP contribution in [-0.2, 0) is 35.3 Å². The highest BCUT2D eigenvalue weighted by molar-refractivity contribution is 5.91. The van der Waals surface area contributed by atoms with E-state index in [4.69, 9.17) is 4.79 Å². The standard InChI is InChI=1S/C14H18N2O.C7H15NO.CH2O.3H2/c1-15-14(17)16-13-11-6-2-4-9(11)8-10-5-3-7-12(10)13;1-7(6-8-2)4-3-5-9;1-2;;;/h8H,2-7H2,1H3,(H2,15,16,17);5,7-8H,3-4,6H2,1-2H3;1H2;3*1H. The van der Waals surface area contributed by atoms with Gasteiger partial charge in [0.05, 0.1) is 0 Å². The molecule has 28 heavy (non-hydrogen) atoms. The number of carbonyl (C=O) groups excluding carboxylic acids is 3. The third kappa shape index (κ3) is 6.75. The normalized spacial score (nSPS) is 14.4. The number of carbonyl (C=O) groups is 3. The Morgan fingerprint density at radius 3 is 2.18 bits per heavy atom. The van der Waals surface area contributed by atoms with Gasteiger partial charge in [0.25, 0.3) is 0 Å². The van der Waals surface area contributed by atoms with Crippen LogP contribution < -0.4 is 16.0 Å². The van der Waals surface area contributed by atoms with Gasteiger partial charge in [-0.05, 0) is 86.7 Å². The molecule has 2 aliphatic carbocycles. The first-order valence-electron chi connectivity index (χ1n) is 10.1. The minimum absolute atomic E-state index is 0. The summed E-state index contributed by atoms with van der Waals surface area (Å²) in [7, 11) is 3.59. The molecule has 1 aromatic rings. The first-order valence-corrected chi connectivity index (χ1v) is 10.1. The lowest BCUT2D eigenvalue weighted by Crippen LogP contribution is -2.25. The third-order valence-corrected chi connectivity index (χ3v) is 5.27. The SMILES string of the molecule is C=O.CNC(=O)Nc1c2c(cc3c1CCC3)CCC2.CNCC(C)CCC=O.[HH].[HH].[HH]. The molecule has 1 unspecified atom stereocenters. The summed E-state index contributed by atoms with van der Waals surface area (Å²) < 4.78 is 0. The lowest BCUT2D eigenvalue weighted by atomic mass is 9.99. The molecule has 3 rings (SSSR count). The van der Waals surface area contributed by atoms with Crippen molar-refractivity contribution in [2.45, 2.75) is 58.3 Å². The Hall–Kier alpha value is -2.21. The minimum atomic E-state index is -0.0978. The van der Waals surface area contributed by atoms with Gasteiger partial charge in [0.2, 0.25) is 0 Å². The molecule has 162 valence electrons. The van der Waals surface area contributed by atoms with Crippen LogP contribution in [0.25, 0.3) is 0 Å². The maximum Gasteiger partial charge on any atom is 0.318 e. The number of hydrogen-bond donors (Lipinski definition) is 3. The number of aldehydes is 1. The molecule has 0 saturated heterocycles. The van der Waals surface area contributed by atoms with Crippen LogP contribution in [0, 0.1) is 5.92 Å². The molecule has 2 amide bonds. The summed E-state index contributed by atoms with van der Waals surface area (Å²) in [6, 6.07) is 2.28. The van der Waals surface area contributed by atoms with E-state index in [2.05, 4.69) is 28.9 Å². The van der Waals surface area contributed by atoms with Crippen molar-refractivity contribution in [1.82, 2.24) is 10.6 Å². The zero-order valence-corrected chi connectivity index (χ0v) is 17.5. The van der Waals surface area contributed by atoms with Crippen molar-refractivity contribution in [3.05, 3.63) is 28.3 Å². The Balaban J connectivity index is -0.000000491. The summed E-state index contributed by atoms with van der Waals surface area (Å²) in [5.41, 5.74) is 6.80. The van der Waals surface area contributed by atoms with E-state index >= 15 is 0 Å². The van der Waals surface area contributed by atoms with Crippen LogP contribution in [0.15, 0.2) is 6.07 Å². The number of aryl methyl sites for hydroxylation is 2. The fourth-order valence-corrected chi connectivity index (χ4v) is 3.95. The Labute approximate surface area is 173 Å². The molecule has 3 N–H and O–H groups in total. The molecule has 0 spiro atoms. The van der Waals surface area contributed by atoms with Crippen LogP contribution in [0.3, 0.4) is 0 Å². The second-order valence-corrected chi connectivity index (χ2v) is 7.35. The molecule has 6 heteroatoms. The van der Waals surface area contributed by atoms with Gasteiger partial charge < -0.3 is 25.5 Å². The maximum atomic E-state index is 11.6. The molecular weight excluding hydrogens is 354 g/mol. The van der Waals surface area contributed by atoms with Crippen molar-refractivity contribution < 1.29 is 18.7 Å². The van der Waals surface area contributed by atoms with Gasteiger partial charge >= 0.3 is 6.03 Å². The molecule has 6 nitrogen and oxygen atoms in total. The highest BCUT2D eigenvalue weighted by atomic mass is 16.2. The first kappa shape index (κ1) is 23.8. The highest BCUT2D eigenvalue weighted by Crippen LogP contribution is 2.38. The van der Waals surface area contributed by atoms with Gasteiger partial charge in [-0.3, -0.25) is 0 Å². The lowest BCUT2D eigenvalue weighted by Gasteiger charge is -2.15. The van der Waals surface area contributed by atoms with Crippen molar-refractivity contribution in [2.24, 2.45) is 5.92 Å². The average Bonchev–Trinajstić information content (AvgIpc) is 3.37. The third-order valence-electron chi connectivity index (χ3n) is 5.27. The maximum absolute atomic E-state index is 11.6. The number of fused-ring (bicyclic) bond motifs is 2. The van der Waals surface area contributed by atoms with E-state index in [0.29, 0.717) is 12.3 Å². The summed E-state index contributed by atoms with van der Waals surface area (Å²) in [5.74, 6) is 0.625. The van der Waals surface area contributed by atoms with E-state index in [1.807, 2.05) is 13.8 Å². The van der Waals surface area contributed by atoms with E-state index in [1.54, 1.807) is 7.05 Å². The summed E-state index contributed by atoms with van der Waals surface area (Å²) in [6.45, 7) is 5.15. The molecule has 0 aromatic heterocycles. The van der Waals surface area contributed by atoms with E-state index in [0.717, 1.165) is 37.8 Å². The summed E-state index contributed by atoms with van der Waals surface area (Å²) in [4.78, 5) is 29.5. The molecule has 0 heterocycles. The van der Waals surface area contributed by atoms with Gasteiger partial charge in [-0.2, -0.15) is 0 Å². The van der Waals surface area contributed by atoms with E-state index < -0.39 is 0 Å². The van der Waals surface area contributed by atoms with E-state index in [1.165, 1.54) is 47.9 Å². The van der Waals surface area contributed by atoms with Crippen molar-refractivity contribution in [2.75, 3.05) is 26.0 Å². The van der Waals surface area contributed by atoms with Gasteiger partial charge in [-0.1, -0.05) is 13.0 Å². The molecular formula is C22H41N3O3. The van der Waals surface area contributed by atoms with Crippen LogP contribution in [0.1, 0.15) is 59.1 Å². The highest BCUT2D eigenvalue weighted by Gasteiger charge is 2.24. The fourth-order valence-electron chi connectivity index (χ4n) is 3.95. The summed E-state index contributed by atoms with van der Waals surface area (Å²) in [6.07, 6.45) is 9.70. The Morgan fingerprint density at radius 1 is 1.14 bits per heavy atom. The number of nitrogens with one attached hydrogen (secondary N) is 3. The molecule has 0 aliphatic heterocycles. The zero-order chi connectivity index (χ0) is 20.9. The molecule has 2 aliphatic rings. The molecule has 1 atom stereocenters. The second-order valence-electron chi connectivity index (χ2n) is 7.35. The Bertz CT molecular complexity index is 628. The van der Waals surface area contributed by atoms with Gasteiger partial charge in [0, 0.05) is 23.4 Å². The number of rotatable bonds is 6. The number of benzene rings is 1. The Morgan fingerprint density at radius 2 is 1.71 bits per heavy atom. The van der Waals surface area contributed by atoms with E-state index in [-0.39, 0.29) is 10.3 Å². The number of anilines is 1. The molecule has 1 aromatic carbocycles. The molecule has 0 radical (unpaired) electrons. The van der Waals surface area contributed by atoms with Crippen LogP contribution in [0.5, 0.6) is 0 Å². The summed E-state index contributed by atoms with van der Waals surface area (Å²) in [5, 5.41) is 8.75. The smallest absolute Gasteiger partial charge is 0.318 e. The predicted octanol–water partition coefficient (Wildman–Crippen LogP) is 3.79. The monoisotopic (exact) mass is 395 g/mol. The van der Waals surface area contributed by atoms with Crippen LogP contribution in [-0.4, -0.2) is 39.7 Å². The molecule has 0 fully saturated rings. The van der Waals surface area contributed by atoms with Crippen LogP contribution >= 0.6 is 0 Å². The largest absolute Gasteiger partial charge is 0.341 e. The molecule has 0 saturated carbocycles.